The van der Waals surface area contributed by atoms with Crippen LogP contribution < -0.4 is 0 Å². The van der Waals surface area contributed by atoms with Crippen molar-refractivity contribution < 1.29 is 33.1 Å². The molecule has 126 valence electrons. The summed E-state index contributed by atoms with van der Waals surface area (Å²) < 4.78 is 16.2. The first-order valence-electron chi connectivity index (χ1n) is 7.16. The Hall–Kier alpha value is -0.963. The number of carboxylic acids is 2. The third kappa shape index (κ3) is 17.0. The zero-order valence-electron chi connectivity index (χ0n) is 13.4. The minimum atomic E-state index is -2.25. The molecule has 0 unspecified atom stereocenters. The Balaban J connectivity index is 0. The highest BCUT2D eigenvalue weighted by Crippen LogP contribution is 2.08. The molecule has 0 rings (SSSR count). The van der Waals surface area contributed by atoms with Crippen molar-refractivity contribution in [3.05, 3.63) is 0 Å². The van der Waals surface area contributed by atoms with Crippen molar-refractivity contribution in [1.29, 1.82) is 0 Å². The summed E-state index contributed by atoms with van der Waals surface area (Å²) in [7, 11) is -2.25. The van der Waals surface area contributed by atoms with Crippen LogP contribution in [0, 0.1) is 0 Å². The third-order valence-corrected chi connectivity index (χ3v) is 4.69. The van der Waals surface area contributed by atoms with Gasteiger partial charge in [0.05, 0.1) is 0 Å². The maximum atomic E-state index is 9.90. The van der Waals surface area contributed by atoms with E-state index >= 15 is 0 Å². The highest BCUT2D eigenvalue weighted by molar-refractivity contribution is 6.59. The minimum Gasteiger partial charge on any atom is -0.481 e. The fraction of sp³-hybridized carbons (Fsp3) is 0.846. The lowest BCUT2D eigenvalue weighted by Crippen LogP contribution is -2.42. The van der Waals surface area contributed by atoms with E-state index in [1.807, 2.05) is 27.3 Å². The summed E-state index contributed by atoms with van der Waals surface area (Å²) in [5.74, 6) is -1.74. The minimum absolute atomic E-state index is 0.0628. The number of carboxylic acid groups (broad SMARTS) is 2. The van der Waals surface area contributed by atoms with Crippen LogP contribution in [0.2, 0.25) is 6.55 Å². The molecule has 0 atom stereocenters. The Morgan fingerprint density at radius 1 is 0.810 bits per heavy atom. The van der Waals surface area contributed by atoms with Gasteiger partial charge < -0.3 is 23.5 Å². The second kappa shape index (κ2) is 14.0. The molecular formula is C13H28O7Si. The number of aliphatic carboxylic acids is 2. The first-order valence-corrected chi connectivity index (χ1v) is 9.39. The summed E-state index contributed by atoms with van der Waals surface area (Å²) in [6.45, 7) is 9.73. The molecule has 21 heavy (non-hydrogen) atoms. The molecule has 2 N–H and O–H groups in total. The smallest absolute Gasteiger partial charge is 0.481 e. The van der Waals surface area contributed by atoms with Gasteiger partial charge in [-0.05, 0) is 33.6 Å². The molecule has 0 radical (unpaired) electrons. The van der Waals surface area contributed by atoms with Gasteiger partial charge in [-0.3, -0.25) is 9.59 Å². The van der Waals surface area contributed by atoms with Crippen molar-refractivity contribution in [3.63, 3.8) is 0 Å². The number of rotatable bonds is 11. The molecule has 8 heteroatoms. The van der Waals surface area contributed by atoms with Crippen LogP contribution in [0.1, 0.15) is 46.5 Å². The van der Waals surface area contributed by atoms with Gasteiger partial charge in [0.15, 0.2) is 0 Å². The van der Waals surface area contributed by atoms with E-state index in [0.717, 1.165) is 0 Å². The van der Waals surface area contributed by atoms with E-state index in [2.05, 4.69) is 0 Å². The van der Waals surface area contributed by atoms with Crippen molar-refractivity contribution >= 4 is 20.7 Å². The predicted molar refractivity (Wildman–Crippen MR) is 80.2 cm³/mol. The van der Waals surface area contributed by atoms with E-state index in [-0.39, 0.29) is 12.8 Å². The lowest BCUT2D eigenvalue weighted by atomic mass is 10.2. The Kier molecular flexibility index (Phi) is 14.9. The van der Waals surface area contributed by atoms with Gasteiger partial charge in [-0.1, -0.05) is 0 Å². The SMILES string of the molecule is CCO[Si](C)(OCC)OCC.O=C(O)CCCCC(=O)O. The summed E-state index contributed by atoms with van der Waals surface area (Å²) >= 11 is 0. The molecule has 0 aromatic carbocycles. The number of unbranched alkanes of at least 4 members (excludes halogenated alkanes) is 1. The molecule has 0 bridgehead atoms. The topological polar surface area (TPSA) is 102 Å². The van der Waals surface area contributed by atoms with Gasteiger partial charge >= 0.3 is 20.7 Å². The molecule has 0 aliphatic rings. The standard InChI is InChI=1S/C7H18O3Si.C6H10O4/c1-5-8-11(4,9-6-2)10-7-3;7-5(8)3-1-2-4-6(9)10/h5-7H2,1-4H3;1-4H2,(H,7,8)(H,9,10). The zero-order valence-corrected chi connectivity index (χ0v) is 14.4. The monoisotopic (exact) mass is 324 g/mol. The molecule has 0 saturated heterocycles. The van der Waals surface area contributed by atoms with E-state index in [1.54, 1.807) is 0 Å². The molecular weight excluding hydrogens is 296 g/mol. The van der Waals surface area contributed by atoms with E-state index in [9.17, 15) is 9.59 Å². The van der Waals surface area contributed by atoms with Crippen molar-refractivity contribution in [1.82, 2.24) is 0 Å². The predicted octanol–water partition coefficient (Wildman–Crippen LogP) is 2.38. The lowest BCUT2D eigenvalue weighted by Gasteiger charge is -2.23. The summed E-state index contributed by atoms with van der Waals surface area (Å²) in [6, 6.07) is 0. The molecule has 7 nitrogen and oxygen atoms in total. The largest absolute Gasteiger partial charge is 0.497 e. The second-order valence-electron chi connectivity index (χ2n) is 4.16. The van der Waals surface area contributed by atoms with Gasteiger partial charge in [0.25, 0.3) is 0 Å². The molecule has 0 heterocycles. The summed E-state index contributed by atoms with van der Waals surface area (Å²) in [5, 5.41) is 16.3. The number of hydrogen-bond donors (Lipinski definition) is 2. The molecule has 0 spiro atoms. The van der Waals surface area contributed by atoms with Crippen LogP contribution in [-0.2, 0) is 22.9 Å². The summed E-state index contributed by atoms with van der Waals surface area (Å²) in [6.07, 6.45) is 1.02. The van der Waals surface area contributed by atoms with Gasteiger partial charge in [-0.15, -0.1) is 0 Å². The Bertz CT molecular complexity index is 251. The van der Waals surface area contributed by atoms with Crippen molar-refractivity contribution in [2.45, 2.75) is 53.0 Å². The third-order valence-electron chi connectivity index (χ3n) is 2.25. The molecule has 0 fully saturated rings. The second-order valence-corrected chi connectivity index (χ2v) is 6.75. The van der Waals surface area contributed by atoms with Crippen LogP contribution in [0.3, 0.4) is 0 Å². The summed E-state index contributed by atoms with van der Waals surface area (Å²) in [4.78, 5) is 19.8. The average molecular weight is 324 g/mol. The van der Waals surface area contributed by atoms with Crippen LogP contribution in [0.15, 0.2) is 0 Å². The van der Waals surface area contributed by atoms with E-state index < -0.39 is 20.7 Å². The Morgan fingerprint density at radius 2 is 1.10 bits per heavy atom. The Labute approximate surface area is 127 Å². The Morgan fingerprint density at radius 3 is 1.29 bits per heavy atom. The average Bonchev–Trinajstić information content (AvgIpc) is 2.36. The summed E-state index contributed by atoms with van der Waals surface area (Å²) in [5.41, 5.74) is 0. The van der Waals surface area contributed by atoms with Gasteiger partial charge in [-0.2, -0.15) is 0 Å². The van der Waals surface area contributed by atoms with Gasteiger partial charge in [-0.25, -0.2) is 0 Å². The molecule has 0 aliphatic heterocycles. The quantitative estimate of drug-likeness (QED) is 0.444. The first kappa shape index (κ1) is 22.3. The first-order chi connectivity index (χ1) is 9.81. The number of hydrogen-bond acceptors (Lipinski definition) is 5. The van der Waals surface area contributed by atoms with Crippen LogP contribution in [0.4, 0.5) is 0 Å². The maximum Gasteiger partial charge on any atom is 0.497 e. The van der Waals surface area contributed by atoms with Gasteiger partial charge in [0.1, 0.15) is 0 Å². The van der Waals surface area contributed by atoms with E-state index in [4.69, 9.17) is 23.5 Å². The number of carbonyl (C=O) groups is 2. The van der Waals surface area contributed by atoms with Crippen LogP contribution in [0.5, 0.6) is 0 Å². The zero-order chi connectivity index (χ0) is 16.7. The van der Waals surface area contributed by atoms with Crippen LogP contribution >= 0.6 is 0 Å². The van der Waals surface area contributed by atoms with Crippen molar-refractivity contribution in [2.75, 3.05) is 19.8 Å². The fourth-order valence-electron chi connectivity index (χ4n) is 1.46. The van der Waals surface area contributed by atoms with Crippen LogP contribution in [0.25, 0.3) is 0 Å². The molecule has 0 aromatic heterocycles. The van der Waals surface area contributed by atoms with E-state index in [1.165, 1.54) is 0 Å². The maximum absolute atomic E-state index is 9.90. The molecule has 0 aliphatic carbocycles. The lowest BCUT2D eigenvalue weighted by molar-refractivity contribution is -0.139. The molecule has 0 aromatic rings. The van der Waals surface area contributed by atoms with Gasteiger partial charge in [0, 0.05) is 39.2 Å². The fourth-order valence-corrected chi connectivity index (χ4v) is 3.29. The highest BCUT2D eigenvalue weighted by atomic mass is 28.4. The molecule has 0 amide bonds. The van der Waals surface area contributed by atoms with Crippen molar-refractivity contribution in [3.8, 4) is 0 Å². The highest BCUT2D eigenvalue weighted by Gasteiger charge is 2.32. The van der Waals surface area contributed by atoms with E-state index in [0.29, 0.717) is 32.7 Å². The van der Waals surface area contributed by atoms with Crippen molar-refractivity contribution in [2.24, 2.45) is 0 Å². The normalized spacial score (nSPS) is 10.7. The van der Waals surface area contributed by atoms with Gasteiger partial charge in [0.2, 0.25) is 0 Å². The van der Waals surface area contributed by atoms with Crippen LogP contribution in [-0.4, -0.2) is 50.8 Å². The molecule has 0 saturated carbocycles.